The summed E-state index contributed by atoms with van der Waals surface area (Å²) in [6.07, 6.45) is 1.49. The molecule has 2 aromatic rings. The summed E-state index contributed by atoms with van der Waals surface area (Å²) >= 11 is 0. The molecule has 0 saturated carbocycles. The first-order chi connectivity index (χ1) is 9.84. The Kier molecular flexibility index (Phi) is 3.06. The van der Waals surface area contributed by atoms with Gasteiger partial charge in [0.1, 0.15) is 5.69 Å². The number of aromatic nitrogens is 1. The molecule has 0 radical (unpaired) electrons. The number of Topliss-reactive ketones (excluding diaryl/α,β-unsaturated/α-hetero) is 1. The van der Waals surface area contributed by atoms with Crippen molar-refractivity contribution in [3.8, 4) is 0 Å². The SMILES string of the molecule is Cc1ccc(S(=O)(=O)n2ccc3c2C(=O)[C@@H](C)[C@H]3C)cc1. The molecule has 0 saturated heterocycles. The van der Waals surface area contributed by atoms with Gasteiger partial charge in [-0.2, -0.15) is 0 Å². The second-order valence-electron chi connectivity index (χ2n) is 5.68. The first kappa shape index (κ1) is 14.1. The lowest BCUT2D eigenvalue weighted by Crippen LogP contribution is -2.18. The zero-order valence-corrected chi connectivity index (χ0v) is 13.0. The van der Waals surface area contributed by atoms with Gasteiger partial charge in [-0.3, -0.25) is 4.79 Å². The second-order valence-corrected chi connectivity index (χ2v) is 7.49. The van der Waals surface area contributed by atoms with Crippen LogP contribution in [-0.2, 0) is 10.0 Å². The van der Waals surface area contributed by atoms with Crippen molar-refractivity contribution in [3.05, 3.63) is 53.3 Å². The van der Waals surface area contributed by atoms with Crippen LogP contribution in [0, 0.1) is 12.8 Å². The third-order valence-electron chi connectivity index (χ3n) is 4.35. The highest BCUT2D eigenvalue weighted by Crippen LogP contribution is 2.39. The fourth-order valence-corrected chi connectivity index (χ4v) is 4.15. The number of fused-ring (bicyclic) bond motifs is 1. The summed E-state index contributed by atoms with van der Waals surface area (Å²) in [4.78, 5) is 12.5. The predicted octanol–water partition coefficient (Wildman–Crippen LogP) is 2.97. The van der Waals surface area contributed by atoms with Crippen LogP contribution in [0.4, 0.5) is 0 Å². The number of nitrogens with zero attached hydrogens (tertiary/aromatic N) is 1. The molecule has 0 amide bonds. The summed E-state index contributed by atoms with van der Waals surface area (Å²) in [6.45, 7) is 5.70. The van der Waals surface area contributed by atoms with E-state index < -0.39 is 10.0 Å². The van der Waals surface area contributed by atoms with Crippen LogP contribution in [0.15, 0.2) is 41.4 Å². The fraction of sp³-hybridized carbons (Fsp3) is 0.312. The Morgan fingerprint density at radius 3 is 2.24 bits per heavy atom. The van der Waals surface area contributed by atoms with Gasteiger partial charge in [-0.25, -0.2) is 12.4 Å². The number of rotatable bonds is 2. The maximum absolute atomic E-state index is 12.7. The monoisotopic (exact) mass is 303 g/mol. The number of carbonyl (C=O) groups is 1. The standard InChI is InChI=1S/C16H17NO3S/c1-10-4-6-13(7-5-10)21(19,20)17-9-8-14-11(2)12(3)16(18)15(14)17/h4-9,11-12H,1-3H3/t11-,12+/m1/s1. The smallest absolute Gasteiger partial charge is 0.268 e. The Morgan fingerprint density at radius 1 is 1.00 bits per heavy atom. The summed E-state index contributed by atoms with van der Waals surface area (Å²) in [5.74, 6) is -0.212. The number of aryl methyl sites for hydroxylation is 1. The minimum atomic E-state index is -3.72. The Hall–Kier alpha value is -1.88. The van der Waals surface area contributed by atoms with Crippen LogP contribution in [0.3, 0.4) is 0 Å². The van der Waals surface area contributed by atoms with Crippen LogP contribution in [-0.4, -0.2) is 18.2 Å². The summed E-state index contributed by atoms with van der Waals surface area (Å²) in [7, 11) is -3.72. The minimum absolute atomic E-state index is 0.0574. The van der Waals surface area contributed by atoms with E-state index in [0.29, 0.717) is 5.69 Å². The quantitative estimate of drug-likeness (QED) is 0.857. The highest BCUT2D eigenvalue weighted by molar-refractivity contribution is 7.90. The molecular weight excluding hydrogens is 286 g/mol. The van der Waals surface area contributed by atoms with Gasteiger partial charge in [-0.1, -0.05) is 31.5 Å². The summed E-state index contributed by atoms with van der Waals surface area (Å²) in [6, 6.07) is 8.40. The van der Waals surface area contributed by atoms with E-state index in [-0.39, 0.29) is 22.5 Å². The first-order valence-corrected chi connectivity index (χ1v) is 8.35. The predicted molar refractivity (Wildman–Crippen MR) is 80.1 cm³/mol. The summed E-state index contributed by atoms with van der Waals surface area (Å²) in [5, 5.41) is 0. The number of hydrogen-bond acceptors (Lipinski definition) is 3. The van der Waals surface area contributed by atoms with Crippen molar-refractivity contribution in [2.45, 2.75) is 31.6 Å². The van der Waals surface area contributed by atoms with Crippen molar-refractivity contribution in [2.24, 2.45) is 5.92 Å². The van der Waals surface area contributed by atoms with E-state index in [0.717, 1.165) is 15.1 Å². The van der Waals surface area contributed by atoms with Crippen LogP contribution >= 0.6 is 0 Å². The van der Waals surface area contributed by atoms with Crippen molar-refractivity contribution in [2.75, 3.05) is 0 Å². The average Bonchev–Trinajstić information content (AvgIpc) is 2.97. The van der Waals surface area contributed by atoms with Gasteiger partial charge in [-0.05, 0) is 36.6 Å². The average molecular weight is 303 g/mol. The van der Waals surface area contributed by atoms with Gasteiger partial charge in [0.15, 0.2) is 5.78 Å². The van der Waals surface area contributed by atoms with E-state index in [2.05, 4.69) is 0 Å². The molecule has 110 valence electrons. The van der Waals surface area contributed by atoms with E-state index >= 15 is 0 Å². The Morgan fingerprint density at radius 2 is 1.62 bits per heavy atom. The third kappa shape index (κ3) is 1.95. The van der Waals surface area contributed by atoms with Gasteiger partial charge in [0.25, 0.3) is 10.0 Å². The third-order valence-corrected chi connectivity index (χ3v) is 6.04. The zero-order valence-electron chi connectivity index (χ0n) is 12.2. The van der Waals surface area contributed by atoms with Crippen molar-refractivity contribution < 1.29 is 13.2 Å². The second kappa shape index (κ2) is 4.56. The molecule has 1 aliphatic rings. The van der Waals surface area contributed by atoms with E-state index in [1.807, 2.05) is 20.8 Å². The fourth-order valence-electron chi connectivity index (χ4n) is 2.78. The molecule has 1 aliphatic carbocycles. The van der Waals surface area contributed by atoms with E-state index in [4.69, 9.17) is 0 Å². The molecule has 0 spiro atoms. The normalized spacial score (nSPS) is 21.6. The summed E-state index contributed by atoms with van der Waals surface area (Å²) < 4.78 is 26.6. The van der Waals surface area contributed by atoms with E-state index in [1.54, 1.807) is 30.3 Å². The Labute approximate surface area is 124 Å². The van der Waals surface area contributed by atoms with Crippen LogP contribution < -0.4 is 0 Å². The lowest BCUT2D eigenvalue weighted by atomic mass is 9.97. The molecule has 0 fully saturated rings. The molecule has 3 rings (SSSR count). The van der Waals surface area contributed by atoms with Gasteiger partial charge >= 0.3 is 0 Å². The maximum Gasteiger partial charge on any atom is 0.268 e. The molecule has 1 aromatic heterocycles. The lowest BCUT2D eigenvalue weighted by molar-refractivity contribution is 0.0931. The Balaban J connectivity index is 2.17. The maximum atomic E-state index is 12.7. The highest BCUT2D eigenvalue weighted by atomic mass is 32.2. The van der Waals surface area contributed by atoms with Crippen LogP contribution in [0.5, 0.6) is 0 Å². The van der Waals surface area contributed by atoms with E-state index in [1.165, 1.54) is 6.20 Å². The van der Waals surface area contributed by atoms with Gasteiger partial charge in [-0.15, -0.1) is 0 Å². The zero-order chi connectivity index (χ0) is 15.4. The molecule has 4 nitrogen and oxygen atoms in total. The largest absolute Gasteiger partial charge is 0.292 e. The molecule has 2 atom stereocenters. The van der Waals surface area contributed by atoms with Crippen molar-refractivity contribution in [3.63, 3.8) is 0 Å². The molecule has 0 bridgehead atoms. The molecule has 1 aromatic carbocycles. The molecule has 0 N–H and O–H groups in total. The molecular formula is C16H17NO3S. The number of ketones is 1. The topological polar surface area (TPSA) is 56.1 Å². The van der Waals surface area contributed by atoms with Gasteiger partial charge in [0.2, 0.25) is 0 Å². The highest BCUT2D eigenvalue weighted by Gasteiger charge is 2.39. The number of hydrogen-bond donors (Lipinski definition) is 0. The summed E-state index contributed by atoms with van der Waals surface area (Å²) in [5.41, 5.74) is 2.13. The van der Waals surface area contributed by atoms with Crippen LogP contribution in [0.1, 0.15) is 41.4 Å². The molecule has 0 unspecified atom stereocenters. The van der Waals surface area contributed by atoms with E-state index in [9.17, 15) is 13.2 Å². The lowest BCUT2D eigenvalue weighted by Gasteiger charge is -2.10. The van der Waals surface area contributed by atoms with Crippen molar-refractivity contribution in [1.29, 1.82) is 0 Å². The molecule has 1 heterocycles. The number of benzene rings is 1. The van der Waals surface area contributed by atoms with Crippen LogP contribution in [0.2, 0.25) is 0 Å². The van der Waals surface area contributed by atoms with Crippen LogP contribution in [0.25, 0.3) is 0 Å². The van der Waals surface area contributed by atoms with Gasteiger partial charge < -0.3 is 0 Å². The van der Waals surface area contributed by atoms with Crippen molar-refractivity contribution in [1.82, 2.24) is 3.97 Å². The van der Waals surface area contributed by atoms with Gasteiger partial charge in [0.05, 0.1) is 4.90 Å². The van der Waals surface area contributed by atoms with Crippen molar-refractivity contribution >= 4 is 15.8 Å². The molecule has 0 aliphatic heterocycles. The Bertz CT molecular complexity index is 816. The molecule has 21 heavy (non-hydrogen) atoms. The van der Waals surface area contributed by atoms with Gasteiger partial charge in [0, 0.05) is 12.1 Å². The minimum Gasteiger partial charge on any atom is -0.292 e. The number of carbonyl (C=O) groups excluding carboxylic acids is 1. The first-order valence-electron chi connectivity index (χ1n) is 6.91. The molecule has 5 heteroatoms.